The number of nitrogens with zero attached hydrogens (tertiary/aromatic N) is 1. The number of hydrogen-bond donors (Lipinski definition) is 3. The Morgan fingerprint density at radius 1 is 1.12 bits per heavy atom. The number of likely N-dealkylation sites (tertiary alicyclic amines) is 1. The molecule has 0 aromatic carbocycles. The summed E-state index contributed by atoms with van der Waals surface area (Å²) >= 11 is 0. The fraction of sp³-hybridized carbons (Fsp3) is 1.00. The zero-order valence-electron chi connectivity index (χ0n) is 11.7. The summed E-state index contributed by atoms with van der Waals surface area (Å²) in [5, 5.41) is 0. The normalized spacial score (nSPS) is 17.3. The molecule has 1 aliphatic heterocycles. The maximum absolute atomic E-state index is 8.35. The lowest BCUT2D eigenvalue weighted by Gasteiger charge is -2.24. The molecule has 1 saturated heterocycles. The highest BCUT2D eigenvalue weighted by molar-refractivity contribution is 8.22. The van der Waals surface area contributed by atoms with Crippen molar-refractivity contribution in [3.05, 3.63) is 0 Å². The van der Waals surface area contributed by atoms with Gasteiger partial charge < -0.3 is 4.90 Å². The van der Waals surface area contributed by atoms with Gasteiger partial charge in [0.25, 0.3) is 0 Å². The van der Waals surface area contributed by atoms with Gasteiger partial charge in [0.15, 0.2) is 0 Å². The van der Waals surface area contributed by atoms with Crippen molar-refractivity contribution in [3.8, 4) is 0 Å². The van der Waals surface area contributed by atoms with E-state index in [0.29, 0.717) is 0 Å². The average Bonchev–Trinajstić information content (AvgIpc) is 2.74. The Labute approximate surface area is 103 Å². The molecule has 0 bridgehead atoms. The summed E-state index contributed by atoms with van der Waals surface area (Å²) in [6.07, 6.45) is 4.16. The van der Waals surface area contributed by atoms with Crippen molar-refractivity contribution >= 4 is 10.8 Å². The van der Waals surface area contributed by atoms with Crippen LogP contribution in [0.15, 0.2) is 0 Å². The van der Waals surface area contributed by atoms with Crippen molar-refractivity contribution < 1.29 is 9.11 Å². The predicted molar refractivity (Wildman–Crippen MR) is 75.1 cm³/mol. The van der Waals surface area contributed by atoms with E-state index in [4.69, 9.17) is 9.11 Å². The molecule has 3 N–H and O–H groups in total. The van der Waals surface area contributed by atoms with Crippen LogP contribution in [0.2, 0.25) is 0 Å². The molecule has 0 aromatic heterocycles. The van der Waals surface area contributed by atoms with Gasteiger partial charge in [-0.1, -0.05) is 13.8 Å². The second-order valence-corrected chi connectivity index (χ2v) is 5.95. The van der Waals surface area contributed by atoms with Crippen LogP contribution in [-0.4, -0.2) is 46.4 Å². The van der Waals surface area contributed by atoms with Crippen LogP contribution in [0.25, 0.3) is 0 Å². The topological polar surface area (TPSA) is 55.7 Å². The Morgan fingerprint density at radius 3 is 1.56 bits per heavy atom. The third-order valence-electron chi connectivity index (χ3n) is 2.26. The molecule has 1 heterocycles. The fourth-order valence-corrected chi connectivity index (χ4v) is 1.26. The van der Waals surface area contributed by atoms with E-state index in [1.54, 1.807) is 0 Å². The summed E-state index contributed by atoms with van der Waals surface area (Å²) in [5.41, 5.74) is 0. The second-order valence-electron chi connectivity index (χ2n) is 3.87. The Kier molecular flexibility index (Phi) is 12.0. The van der Waals surface area contributed by atoms with Gasteiger partial charge in [-0.3, -0.25) is 9.11 Å². The molecule has 1 fully saturated rings. The minimum absolute atomic E-state index is 0.775. The minimum atomic E-state index is -2.41. The number of hydrogen-bond acceptors (Lipinski definition) is 4. The molecule has 1 rings (SSSR count). The highest BCUT2D eigenvalue weighted by Crippen LogP contribution is 2.24. The van der Waals surface area contributed by atoms with Gasteiger partial charge in [-0.15, -0.1) is 10.8 Å². The lowest BCUT2D eigenvalue weighted by Crippen LogP contribution is -2.26. The molecule has 0 spiro atoms. The summed E-state index contributed by atoms with van der Waals surface area (Å²) in [7, 11) is -0.917. The van der Waals surface area contributed by atoms with E-state index in [0.717, 1.165) is 6.04 Å². The van der Waals surface area contributed by atoms with Crippen LogP contribution >= 0.6 is 10.8 Å². The zero-order valence-corrected chi connectivity index (χ0v) is 12.5. The van der Waals surface area contributed by atoms with Gasteiger partial charge >= 0.3 is 0 Å². The molecule has 0 aliphatic carbocycles. The van der Waals surface area contributed by atoms with Crippen molar-refractivity contribution in [2.45, 2.75) is 46.6 Å². The van der Waals surface area contributed by atoms with Crippen LogP contribution in [0, 0.1) is 0 Å². The van der Waals surface area contributed by atoms with Crippen LogP contribution in [-0.2, 0) is 0 Å². The summed E-state index contributed by atoms with van der Waals surface area (Å²) in [5.74, 6) is 0. The Bertz CT molecular complexity index is 143. The lowest BCUT2D eigenvalue weighted by molar-refractivity contribution is 0.276. The van der Waals surface area contributed by atoms with Crippen LogP contribution in [0.4, 0.5) is 0 Å². The van der Waals surface area contributed by atoms with Crippen molar-refractivity contribution in [2.75, 3.05) is 26.4 Å². The van der Waals surface area contributed by atoms with Crippen LogP contribution in [0.5, 0.6) is 0 Å². The smallest absolute Gasteiger partial charge is 0.0416 e. The van der Waals surface area contributed by atoms with Crippen LogP contribution in [0.1, 0.15) is 40.5 Å². The quantitative estimate of drug-likeness (QED) is 0.709. The molecule has 1 aliphatic rings. The maximum Gasteiger partial charge on any atom is 0.0416 e. The third kappa shape index (κ3) is 12.3. The van der Waals surface area contributed by atoms with Gasteiger partial charge in [-0.05, 0) is 39.8 Å². The zero-order chi connectivity index (χ0) is 13.2. The van der Waals surface area contributed by atoms with E-state index >= 15 is 0 Å². The maximum atomic E-state index is 8.35. The monoisotopic (exact) mass is 254 g/mol. The molecule has 0 unspecified atom stereocenters. The van der Waals surface area contributed by atoms with Crippen molar-refractivity contribution in [2.24, 2.45) is 0 Å². The van der Waals surface area contributed by atoms with E-state index < -0.39 is 10.8 Å². The lowest BCUT2D eigenvalue weighted by atomic mass is 10.3. The summed E-state index contributed by atoms with van der Waals surface area (Å²) in [6.45, 7) is 11.2. The van der Waals surface area contributed by atoms with Gasteiger partial charge in [0, 0.05) is 19.3 Å². The molecule has 5 heteroatoms. The van der Waals surface area contributed by atoms with Crippen molar-refractivity contribution in [1.29, 1.82) is 0 Å². The molecule has 16 heavy (non-hydrogen) atoms. The van der Waals surface area contributed by atoms with Crippen molar-refractivity contribution in [1.82, 2.24) is 9.62 Å². The summed E-state index contributed by atoms with van der Waals surface area (Å²) < 4.78 is 19.0. The number of nitrogens with one attached hydrogen (secondary N) is 1. The first kappa shape index (κ1) is 18.6. The Balaban J connectivity index is 0. The van der Waals surface area contributed by atoms with Gasteiger partial charge in [-0.25, -0.2) is 4.72 Å². The largest absolute Gasteiger partial charge is 0.301 e. The summed E-state index contributed by atoms with van der Waals surface area (Å²) in [6, 6.07) is 0.775. The molecule has 0 amide bonds. The molecule has 0 saturated carbocycles. The first-order valence-corrected chi connectivity index (χ1v) is 7.98. The van der Waals surface area contributed by atoms with Crippen LogP contribution < -0.4 is 4.72 Å². The standard InChI is InChI=1S/C7H15N.C2H9NO2S.C2H6/c1-7(2)8-5-3-4-6-8;1-3-6(2,4)5;1-2/h7H,3-6H2,1-2H3;3-5H,1-2H3;1-2H3. The third-order valence-corrected chi connectivity index (χ3v) is 3.03. The van der Waals surface area contributed by atoms with E-state index in [1.807, 2.05) is 13.8 Å². The van der Waals surface area contributed by atoms with Crippen molar-refractivity contribution in [3.63, 3.8) is 0 Å². The molecule has 0 aromatic rings. The minimum Gasteiger partial charge on any atom is -0.301 e. The fourth-order valence-electron chi connectivity index (χ4n) is 1.26. The molecule has 102 valence electrons. The number of rotatable bonds is 2. The average molecular weight is 254 g/mol. The first-order valence-electron chi connectivity index (χ1n) is 6.02. The highest BCUT2D eigenvalue weighted by Gasteiger charge is 2.13. The SMILES string of the molecule is CC.CC(C)N1CCCC1.CNS(C)(O)O. The predicted octanol–water partition coefficient (Wildman–Crippen LogP) is 3.02. The molecular weight excluding hydrogens is 224 g/mol. The molecule has 0 radical (unpaired) electrons. The Hall–Kier alpha value is 0.190. The molecule has 4 nitrogen and oxygen atoms in total. The molecule has 0 atom stereocenters. The Morgan fingerprint density at radius 2 is 1.44 bits per heavy atom. The highest BCUT2D eigenvalue weighted by atomic mass is 32.3. The van der Waals surface area contributed by atoms with E-state index in [1.165, 1.54) is 39.2 Å². The first-order chi connectivity index (χ1) is 7.37. The van der Waals surface area contributed by atoms with Crippen LogP contribution in [0.3, 0.4) is 0 Å². The molecular formula is C11H30N2O2S. The van der Waals surface area contributed by atoms with Gasteiger partial charge in [0.1, 0.15) is 0 Å². The summed E-state index contributed by atoms with van der Waals surface area (Å²) in [4.78, 5) is 2.53. The van der Waals surface area contributed by atoms with E-state index in [2.05, 4.69) is 23.5 Å². The van der Waals surface area contributed by atoms with Gasteiger partial charge in [0.2, 0.25) is 0 Å². The van der Waals surface area contributed by atoms with E-state index in [9.17, 15) is 0 Å². The van der Waals surface area contributed by atoms with Gasteiger partial charge in [0.05, 0.1) is 0 Å². The van der Waals surface area contributed by atoms with E-state index in [-0.39, 0.29) is 0 Å². The van der Waals surface area contributed by atoms with Gasteiger partial charge in [-0.2, -0.15) is 0 Å². The second kappa shape index (κ2) is 10.4.